The number of carbonyl (C=O) groups is 1. The SMILES string of the molecule is CN(C(=O)C1CC(NC#N)C1)C1=NCC(c2cccc(Cl)c2)=C1. The predicted molar refractivity (Wildman–Crippen MR) is 89.8 cm³/mol. The number of nitrogens with one attached hydrogen (secondary N) is 1. The molecular weight excluding hydrogens is 312 g/mol. The molecule has 0 bridgehead atoms. The summed E-state index contributed by atoms with van der Waals surface area (Å²) in [5, 5.41) is 11.9. The number of amidine groups is 1. The van der Waals surface area contributed by atoms with Crippen molar-refractivity contribution in [3.63, 3.8) is 0 Å². The van der Waals surface area contributed by atoms with Crippen LogP contribution in [0.15, 0.2) is 35.3 Å². The van der Waals surface area contributed by atoms with E-state index in [9.17, 15) is 4.79 Å². The van der Waals surface area contributed by atoms with Gasteiger partial charge in [-0.15, -0.1) is 0 Å². The number of hydrogen-bond acceptors (Lipinski definition) is 4. The van der Waals surface area contributed by atoms with E-state index in [1.54, 1.807) is 11.9 Å². The fourth-order valence-corrected chi connectivity index (χ4v) is 3.08. The Labute approximate surface area is 140 Å². The minimum Gasteiger partial charge on any atom is -0.321 e. The van der Waals surface area contributed by atoms with E-state index in [1.165, 1.54) is 0 Å². The molecular formula is C17H17ClN4O. The van der Waals surface area contributed by atoms with Crippen molar-refractivity contribution in [2.75, 3.05) is 13.6 Å². The Kier molecular flexibility index (Phi) is 4.35. The molecule has 1 aliphatic heterocycles. The third kappa shape index (κ3) is 3.22. The van der Waals surface area contributed by atoms with Crippen molar-refractivity contribution >= 4 is 28.9 Å². The third-order valence-corrected chi connectivity index (χ3v) is 4.58. The summed E-state index contributed by atoms with van der Waals surface area (Å²) in [4.78, 5) is 18.5. The van der Waals surface area contributed by atoms with Crippen molar-refractivity contribution in [2.45, 2.75) is 18.9 Å². The summed E-state index contributed by atoms with van der Waals surface area (Å²) in [6.45, 7) is 0.552. The van der Waals surface area contributed by atoms with Crippen LogP contribution in [-0.2, 0) is 4.79 Å². The molecule has 6 heteroatoms. The number of benzene rings is 1. The number of rotatable bonds is 3. The molecule has 118 valence electrons. The lowest BCUT2D eigenvalue weighted by molar-refractivity contribution is -0.133. The maximum absolute atomic E-state index is 12.4. The minimum atomic E-state index is -0.0304. The van der Waals surface area contributed by atoms with Crippen LogP contribution in [0.3, 0.4) is 0 Å². The largest absolute Gasteiger partial charge is 0.321 e. The molecule has 1 aromatic carbocycles. The number of aliphatic imine (C=N–C) groups is 1. The molecule has 23 heavy (non-hydrogen) atoms. The van der Waals surface area contributed by atoms with Crippen LogP contribution in [0.25, 0.3) is 5.57 Å². The highest BCUT2D eigenvalue weighted by Gasteiger charge is 2.37. The van der Waals surface area contributed by atoms with Crippen LogP contribution in [-0.4, -0.2) is 36.3 Å². The van der Waals surface area contributed by atoms with Gasteiger partial charge in [0.05, 0.1) is 6.54 Å². The standard InChI is InChI=1S/C17H17ClN4O/c1-22(17(23)12-6-15(7-12)21-10-19)16-8-13(9-20-16)11-3-2-4-14(18)5-11/h2-5,8,12,15,21H,6-7,9H2,1H3. The monoisotopic (exact) mass is 328 g/mol. The summed E-state index contributed by atoms with van der Waals surface area (Å²) in [5.41, 5.74) is 2.08. The Morgan fingerprint density at radius 3 is 2.96 bits per heavy atom. The molecule has 1 fully saturated rings. The number of nitrogens with zero attached hydrogens (tertiary/aromatic N) is 3. The summed E-state index contributed by atoms with van der Waals surface area (Å²) in [6.07, 6.45) is 5.27. The van der Waals surface area contributed by atoms with E-state index < -0.39 is 0 Å². The summed E-state index contributed by atoms with van der Waals surface area (Å²) >= 11 is 6.02. The van der Waals surface area contributed by atoms with Gasteiger partial charge in [0, 0.05) is 24.0 Å². The molecule has 1 N–H and O–H groups in total. The Balaban J connectivity index is 1.64. The normalized spacial score (nSPS) is 22.5. The Bertz CT molecular complexity index is 728. The molecule has 0 radical (unpaired) electrons. The third-order valence-electron chi connectivity index (χ3n) is 4.34. The van der Waals surface area contributed by atoms with E-state index in [4.69, 9.17) is 16.9 Å². The first-order valence-electron chi connectivity index (χ1n) is 7.51. The number of likely N-dealkylation sites (N-methyl/N-ethyl adjacent to an activating group) is 1. The highest BCUT2D eigenvalue weighted by molar-refractivity contribution is 6.30. The van der Waals surface area contributed by atoms with Gasteiger partial charge >= 0.3 is 0 Å². The lowest BCUT2D eigenvalue weighted by atomic mass is 9.79. The molecule has 2 aliphatic rings. The second-order valence-corrected chi connectivity index (χ2v) is 6.31. The summed E-state index contributed by atoms with van der Waals surface area (Å²) in [5.74, 6) is 0.710. The van der Waals surface area contributed by atoms with Gasteiger partial charge in [-0.25, -0.2) is 0 Å². The first-order valence-corrected chi connectivity index (χ1v) is 7.89. The van der Waals surface area contributed by atoms with E-state index in [0.29, 0.717) is 30.2 Å². The average molecular weight is 329 g/mol. The van der Waals surface area contributed by atoms with Crippen LogP contribution < -0.4 is 5.32 Å². The van der Waals surface area contributed by atoms with Crippen molar-refractivity contribution in [3.05, 3.63) is 40.9 Å². The maximum atomic E-state index is 12.4. The Morgan fingerprint density at radius 1 is 1.48 bits per heavy atom. The van der Waals surface area contributed by atoms with Crippen LogP contribution in [0.5, 0.6) is 0 Å². The zero-order valence-electron chi connectivity index (χ0n) is 12.8. The number of amides is 1. The van der Waals surface area contributed by atoms with Crippen molar-refractivity contribution in [1.29, 1.82) is 5.26 Å². The zero-order valence-corrected chi connectivity index (χ0v) is 13.5. The molecule has 3 rings (SSSR count). The number of nitriles is 1. The number of hydrogen-bond donors (Lipinski definition) is 1. The zero-order chi connectivity index (χ0) is 16.4. The molecule has 1 aromatic rings. The van der Waals surface area contributed by atoms with Crippen molar-refractivity contribution in [3.8, 4) is 6.19 Å². The number of carbonyl (C=O) groups excluding carboxylic acids is 1. The van der Waals surface area contributed by atoms with Gasteiger partial charge in [0.2, 0.25) is 5.91 Å². The molecule has 0 unspecified atom stereocenters. The molecule has 1 aliphatic carbocycles. The first kappa shape index (κ1) is 15.6. The fourth-order valence-electron chi connectivity index (χ4n) is 2.89. The highest BCUT2D eigenvalue weighted by atomic mass is 35.5. The molecule has 0 aromatic heterocycles. The summed E-state index contributed by atoms with van der Waals surface area (Å²) in [6, 6.07) is 7.76. The molecule has 1 amide bonds. The molecule has 0 atom stereocenters. The van der Waals surface area contributed by atoms with Crippen molar-refractivity contribution in [2.24, 2.45) is 10.9 Å². The number of halogens is 1. The van der Waals surface area contributed by atoms with Gasteiger partial charge in [0.25, 0.3) is 0 Å². The topological polar surface area (TPSA) is 68.5 Å². The van der Waals surface area contributed by atoms with Gasteiger partial charge < -0.3 is 10.2 Å². The molecule has 0 saturated heterocycles. The smallest absolute Gasteiger partial charge is 0.231 e. The first-order chi connectivity index (χ1) is 11.1. The fraction of sp³-hybridized carbons (Fsp3) is 0.353. The van der Waals surface area contributed by atoms with Gasteiger partial charge in [0.15, 0.2) is 6.19 Å². The summed E-state index contributed by atoms with van der Waals surface area (Å²) < 4.78 is 0. The van der Waals surface area contributed by atoms with Crippen molar-refractivity contribution in [1.82, 2.24) is 10.2 Å². The second kappa shape index (κ2) is 6.43. The second-order valence-electron chi connectivity index (χ2n) is 5.87. The van der Waals surface area contributed by atoms with E-state index in [2.05, 4.69) is 10.3 Å². The minimum absolute atomic E-state index is 0.0304. The predicted octanol–water partition coefficient (Wildman–Crippen LogP) is 2.44. The lowest BCUT2D eigenvalue weighted by Crippen LogP contribution is -2.47. The van der Waals surface area contributed by atoms with Crippen LogP contribution in [0, 0.1) is 17.4 Å². The summed E-state index contributed by atoms with van der Waals surface area (Å²) in [7, 11) is 1.75. The van der Waals surface area contributed by atoms with Crippen LogP contribution in [0.2, 0.25) is 5.02 Å². The van der Waals surface area contributed by atoms with Crippen LogP contribution >= 0.6 is 11.6 Å². The van der Waals surface area contributed by atoms with Crippen molar-refractivity contribution < 1.29 is 4.79 Å². The molecule has 5 nitrogen and oxygen atoms in total. The highest BCUT2D eigenvalue weighted by Crippen LogP contribution is 2.30. The maximum Gasteiger partial charge on any atom is 0.231 e. The van der Waals surface area contributed by atoms with E-state index in [0.717, 1.165) is 11.1 Å². The van der Waals surface area contributed by atoms with E-state index in [1.807, 2.05) is 36.5 Å². The molecule has 1 saturated carbocycles. The van der Waals surface area contributed by atoms with Gasteiger partial charge in [-0.3, -0.25) is 9.79 Å². The molecule has 1 heterocycles. The Morgan fingerprint density at radius 2 is 2.26 bits per heavy atom. The van der Waals surface area contributed by atoms with Gasteiger partial charge in [-0.2, -0.15) is 5.26 Å². The quantitative estimate of drug-likeness (QED) is 0.684. The van der Waals surface area contributed by atoms with E-state index >= 15 is 0 Å². The van der Waals surface area contributed by atoms with Gasteiger partial charge in [-0.05, 0) is 42.2 Å². The van der Waals surface area contributed by atoms with Gasteiger partial charge in [-0.1, -0.05) is 23.7 Å². The lowest BCUT2D eigenvalue weighted by Gasteiger charge is -2.35. The molecule has 0 spiro atoms. The van der Waals surface area contributed by atoms with Crippen LogP contribution in [0.4, 0.5) is 0 Å². The van der Waals surface area contributed by atoms with Gasteiger partial charge in [0.1, 0.15) is 5.84 Å². The Hall–Kier alpha value is -2.32. The van der Waals surface area contributed by atoms with Crippen LogP contribution in [0.1, 0.15) is 18.4 Å². The average Bonchev–Trinajstić information content (AvgIpc) is 2.99. The van der Waals surface area contributed by atoms with E-state index in [-0.39, 0.29) is 17.9 Å².